The molecule has 162 valence electrons. The predicted molar refractivity (Wildman–Crippen MR) is 105 cm³/mol. The van der Waals surface area contributed by atoms with Crippen molar-refractivity contribution < 1.29 is 38.3 Å². The van der Waals surface area contributed by atoms with Crippen molar-refractivity contribution in [2.45, 2.75) is 13.0 Å². The summed E-state index contributed by atoms with van der Waals surface area (Å²) in [5.41, 5.74) is -0.561. The van der Waals surface area contributed by atoms with Crippen LogP contribution in [0.3, 0.4) is 0 Å². The van der Waals surface area contributed by atoms with Crippen molar-refractivity contribution in [3.8, 4) is 11.5 Å². The Morgan fingerprint density at radius 2 is 1.68 bits per heavy atom. The largest absolute Gasteiger partial charge is 0.486 e. The number of nitro benzene ring substituents is 1. The summed E-state index contributed by atoms with van der Waals surface area (Å²) in [7, 11) is 1.10. The van der Waals surface area contributed by atoms with Gasteiger partial charge in [0.15, 0.2) is 17.6 Å². The molecule has 0 aliphatic carbocycles. The third kappa shape index (κ3) is 5.07. The number of hydrogen-bond donors (Lipinski definition) is 1. The molecule has 0 spiro atoms. The molecule has 0 saturated heterocycles. The molecular weight excluding hydrogens is 412 g/mol. The SMILES string of the molecule is COC(=O)c1cc(C(=O)OC(C)C(=O)Nc2ccc3c(c2)OCCO3)cc([N+](=O)[O-])c1. The van der Waals surface area contributed by atoms with Crippen molar-refractivity contribution in [1.82, 2.24) is 0 Å². The molecule has 2 aromatic carbocycles. The lowest BCUT2D eigenvalue weighted by Gasteiger charge is -2.19. The molecule has 1 amide bonds. The number of ether oxygens (including phenoxy) is 4. The Labute approximate surface area is 176 Å². The van der Waals surface area contributed by atoms with Crippen LogP contribution in [0.2, 0.25) is 0 Å². The van der Waals surface area contributed by atoms with Gasteiger partial charge in [-0.3, -0.25) is 14.9 Å². The number of fused-ring (bicyclic) bond motifs is 1. The second-order valence-corrected chi connectivity index (χ2v) is 6.41. The van der Waals surface area contributed by atoms with E-state index in [2.05, 4.69) is 10.1 Å². The maximum Gasteiger partial charge on any atom is 0.339 e. The molecule has 0 aromatic heterocycles. The Hall–Kier alpha value is -4.15. The van der Waals surface area contributed by atoms with E-state index in [1.54, 1.807) is 18.2 Å². The second kappa shape index (κ2) is 9.11. The number of esters is 2. The lowest BCUT2D eigenvalue weighted by Crippen LogP contribution is -2.30. The average molecular weight is 430 g/mol. The molecule has 0 saturated carbocycles. The van der Waals surface area contributed by atoms with Gasteiger partial charge in [-0.1, -0.05) is 0 Å². The molecule has 0 bridgehead atoms. The van der Waals surface area contributed by atoms with Crippen molar-refractivity contribution in [1.29, 1.82) is 0 Å². The van der Waals surface area contributed by atoms with Gasteiger partial charge in [-0.15, -0.1) is 0 Å². The third-order valence-corrected chi connectivity index (χ3v) is 4.25. The number of nitrogens with one attached hydrogen (secondary N) is 1. The minimum absolute atomic E-state index is 0.197. The van der Waals surface area contributed by atoms with Crippen LogP contribution in [0.4, 0.5) is 11.4 Å². The van der Waals surface area contributed by atoms with E-state index >= 15 is 0 Å². The number of rotatable bonds is 6. The van der Waals surface area contributed by atoms with E-state index in [4.69, 9.17) is 14.2 Å². The van der Waals surface area contributed by atoms with Crippen molar-refractivity contribution in [3.63, 3.8) is 0 Å². The number of benzene rings is 2. The number of carbonyl (C=O) groups excluding carboxylic acids is 3. The maximum atomic E-state index is 12.4. The highest BCUT2D eigenvalue weighted by atomic mass is 16.6. The van der Waals surface area contributed by atoms with Crippen LogP contribution in [0.5, 0.6) is 11.5 Å². The summed E-state index contributed by atoms with van der Waals surface area (Å²) in [6.45, 7) is 2.15. The highest BCUT2D eigenvalue weighted by molar-refractivity contribution is 5.99. The molecule has 1 N–H and O–H groups in total. The number of amides is 1. The summed E-state index contributed by atoms with van der Waals surface area (Å²) in [6.07, 6.45) is -1.23. The quantitative estimate of drug-likeness (QED) is 0.415. The number of carbonyl (C=O) groups is 3. The standard InChI is InChI=1S/C20H18N2O9/c1-11(18(23)21-14-3-4-16-17(10-14)30-6-5-29-16)31-20(25)13-7-12(19(24)28-2)8-15(9-13)22(26)27/h3-4,7-11H,5-6H2,1-2H3,(H,21,23). The molecule has 2 aromatic rings. The van der Waals surface area contributed by atoms with Gasteiger partial charge in [-0.2, -0.15) is 0 Å². The fourth-order valence-electron chi connectivity index (χ4n) is 2.72. The van der Waals surface area contributed by atoms with Crippen LogP contribution in [-0.2, 0) is 14.3 Å². The summed E-state index contributed by atoms with van der Waals surface area (Å²) in [5, 5.41) is 13.7. The van der Waals surface area contributed by atoms with Gasteiger partial charge in [0, 0.05) is 23.9 Å². The zero-order valence-corrected chi connectivity index (χ0v) is 16.6. The average Bonchev–Trinajstić information content (AvgIpc) is 2.77. The van der Waals surface area contributed by atoms with E-state index in [9.17, 15) is 24.5 Å². The summed E-state index contributed by atoms with van der Waals surface area (Å²) >= 11 is 0. The number of anilines is 1. The third-order valence-electron chi connectivity index (χ3n) is 4.25. The molecule has 1 heterocycles. The first-order chi connectivity index (χ1) is 14.8. The van der Waals surface area contributed by atoms with E-state index in [0.29, 0.717) is 30.4 Å². The molecule has 0 radical (unpaired) electrons. The Bertz CT molecular complexity index is 1050. The summed E-state index contributed by atoms with van der Waals surface area (Å²) in [4.78, 5) is 46.9. The normalized spacial score (nSPS) is 13.0. The van der Waals surface area contributed by atoms with Crippen LogP contribution in [0.1, 0.15) is 27.6 Å². The van der Waals surface area contributed by atoms with Crippen LogP contribution < -0.4 is 14.8 Å². The first-order valence-corrected chi connectivity index (χ1v) is 9.08. The number of nitro groups is 1. The topological polar surface area (TPSA) is 143 Å². The Morgan fingerprint density at radius 1 is 1.03 bits per heavy atom. The van der Waals surface area contributed by atoms with Gasteiger partial charge in [-0.05, 0) is 25.1 Å². The molecule has 0 fully saturated rings. The zero-order chi connectivity index (χ0) is 22.5. The van der Waals surface area contributed by atoms with Gasteiger partial charge in [-0.25, -0.2) is 9.59 Å². The molecular formula is C20H18N2O9. The summed E-state index contributed by atoms with van der Waals surface area (Å²) < 4.78 is 20.5. The molecule has 1 atom stereocenters. The van der Waals surface area contributed by atoms with Gasteiger partial charge >= 0.3 is 11.9 Å². The molecule has 1 unspecified atom stereocenters. The molecule has 1 aliphatic rings. The van der Waals surface area contributed by atoms with E-state index in [1.165, 1.54) is 6.92 Å². The maximum absolute atomic E-state index is 12.4. The van der Waals surface area contributed by atoms with Crippen LogP contribution in [0.25, 0.3) is 0 Å². The lowest BCUT2D eigenvalue weighted by molar-refractivity contribution is -0.384. The first kappa shape index (κ1) is 21.6. The Balaban J connectivity index is 1.71. The molecule has 1 aliphatic heterocycles. The van der Waals surface area contributed by atoms with Crippen LogP contribution in [0, 0.1) is 10.1 Å². The Kier molecular flexibility index (Phi) is 6.34. The van der Waals surface area contributed by atoms with Gasteiger partial charge < -0.3 is 24.3 Å². The smallest absolute Gasteiger partial charge is 0.339 e. The highest BCUT2D eigenvalue weighted by Crippen LogP contribution is 2.32. The highest BCUT2D eigenvalue weighted by Gasteiger charge is 2.23. The second-order valence-electron chi connectivity index (χ2n) is 6.41. The minimum Gasteiger partial charge on any atom is -0.486 e. The van der Waals surface area contributed by atoms with Crippen LogP contribution in [-0.4, -0.2) is 49.2 Å². The minimum atomic E-state index is -1.23. The van der Waals surface area contributed by atoms with E-state index in [-0.39, 0.29) is 11.1 Å². The van der Waals surface area contributed by atoms with Gasteiger partial charge in [0.1, 0.15) is 13.2 Å². The fraction of sp³-hybridized carbons (Fsp3) is 0.250. The molecule has 3 rings (SSSR count). The monoisotopic (exact) mass is 430 g/mol. The number of non-ortho nitro benzene ring substituents is 1. The number of methoxy groups -OCH3 is 1. The van der Waals surface area contributed by atoms with E-state index < -0.39 is 34.6 Å². The zero-order valence-electron chi connectivity index (χ0n) is 16.6. The summed E-state index contributed by atoms with van der Waals surface area (Å²) in [5.74, 6) is -1.49. The number of hydrogen-bond acceptors (Lipinski definition) is 9. The van der Waals surface area contributed by atoms with Gasteiger partial charge in [0.2, 0.25) is 0 Å². The van der Waals surface area contributed by atoms with Crippen molar-refractivity contribution in [2.75, 3.05) is 25.6 Å². The Morgan fingerprint density at radius 3 is 2.32 bits per heavy atom. The van der Waals surface area contributed by atoms with Gasteiger partial charge in [0.25, 0.3) is 11.6 Å². The summed E-state index contributed by atoms with van der Waals surface area (Å²) in [6, 6.07) is 7.82. The van der Waals surface area contributed by atoms with Crippen LogP contribution in [0.15, 0.2) is 36.4 Å². The lowest BCUT2D eigenvalue weighted by atomic mass is 10.1. The molecule has 11 nitrogen and oxygen atoms in total. The predicted octanol–water partition coefficient (Wildman–Crippen LogP) is 2.34. The van der Waals surface area contributed by atoms with Crippen molar-refractivity contribution in [2.24, 2.45) is 0 Å². The fourth-order valence-corrected chi connectivity index (χ4v) is 2.72. The van der Waals surface area contributed by atoms with Crippen molar-refractivity contribution >= 4 is 29.2 Å². The van der Waals surface area contributed by atoms with E-state index in [0.717, 1.165) is 25.3 Å². The van der Waals surface area contributed by atoms with Crippen LogP contribution >= 0.6 is 0 Å². The van der Waals surface area contributed by atoms with Crippen molar-refractivity contribution in [3.05, 3.63) is 57.6 Å². The number of nitrogens with zero attached hydrogens (tertiary/aromatic N) is 1. The van der Waals surface area contributed by atoms with E-state index in [1.807, 2.05) is 0 Å². The molecule has 11 heteroatoms. The first-order valence-electron chi connectivity index (χ1n) is 9.08. The van der Waals surface area contributed by atoms with Gasteiger partial charge in [0.05, 0.1) is 23.2 Å². The molecule has 31 heavy (non-hydrogen) atoms.